The molecule has 2 aromatic rings. The third-order valence-electron chi connectivity index (χ3n) is 3.57. The number of halogens is 1. The molecule has 0 saturated carbocycles. The number of amides is 1. The van der Waals surface area contributed by atoms with Crippen molar-refractivity contribution in [1.82, 2.24) is 0 Å². The van der Waals surface area contributed by atoms with Crippen molar-refractivity contribution in [2.75, 3.05) is 18.6 Å². The summed E-state index contributed by atoms with van der Waals surface area (Å²) in [5.41, 5.74) is 1.10. The zero-order valence-corrected chi connectivity index (χ0v) is 13.1. The van der Waals surface area contributed by atoms with Crippen LogP contribution >= 0.6 is 11.6 Å². The summed E-state index contributed by atoms with van der Waals surface area (Å²) < 4.78 is 10.4. The average molecular weight is 332 g/mol. The van der Waals surface area contributed by atoms with Gasteiger partial charge in [0.05, 0.1) is 19.3 Å². The quantitative estimate of drug-likeness (QED) is 0.794. The lowest BCUT2D eigenvalue weighted by Crippen LogP contribution is -2.47. The van der Waals surface area contributed by atoms with Crippen molar-refractivity contribution in [3.63, 3.8) is 0 Å². The van der Waals surface area contributed by atoms with Gasteiger partial charge in [0, 0.05) is 10.6 Å². The van der Waals surface area contributed by atoms with Crippen molar-refractivity contribution >= 4 is 29.2 Å². The lowest BCUT2D eigenvalue weighted by atomic mass is 10.1. The first-order chi connectivity index (χ1) is 11.1. The van der Waals surface area contributed by atoms with Gasteiger partial charge in [-0.05, 0) is 36.4 Å². The Morgan fingerprint density at radius 2 is 1.87 bits per heavy atom. The molecule has 0 bridgehead atoms. The molecule has 0 radical (unpaired) electrons. The lowest BCUT2D eigenvalue weighted by molar-refractivity contribution is -0.148. The van der Waals surface area contributed by atoms with Gasteiger partial charge in [-0.15, -0.1) is 0 Å². The molecule has 0 aromatic heterocycles. The summed E-state index contributed by atoms with van der Waals surface area (Å²) in [6.07, 6.45) is -0.855. The summed E-state index contributed by atoms with van der Waals surface area (Å²) in [4.78, 5) is 26.1. The van der Waals surface area contributed by atoms with E-state index in [9.17, 15) is 9.59 Å². The Morgan fingerprint density at radius 3 is 2.57 bits per heavy atom. The minimum absolute atomic E-state index is 0.0884. The van der Waals surface area contributed by atoms with Crippen LogP contribution in [0.3, 0.4) is 0 Å². The van der Waals surface area contributed by atoms with Crippen LogP contribution in [0.4, 0.5) is 5.69 Å². The molecule has 1 aliphatic heterocycles. The van der Waals surface area contributed by atoms with Gasteiger partial charge in [0.1, 0.15) is 5.75 Å². The first kappa shape index (κ1) is 15.4. The number of para-hydroxylation sites is 2. The van der Waals surface area contributed by atoms with Crippen molar-refractivity contribution in [3.8, 4) is 5.75 Å². The number of fused-ring (bicyclic) bond motifs is 1. The highest BCUT2D eigenvalue weighted by Gasteiger charge is 2.34. The van der Waals surface area contributed by atoms with Crippen LogP contribution in [0.1, 0.15) is 10.4 Å². The van der Waals surface area contributed by atoms with E-state index in [1.165, 1.54) is 12.0 Å². The van der Waals surface area contributed by atoms with Crippen LogP contribution < -0.4 is 9.64 Å². The molecule has 0 aliphatic carbocycles. The molecule has 23 heavy (non-hydrogen) atoms. The molecule has 0 spiro atoms. The smallest absolute Gasteiger partial charge is 0.348 e. The largest absolute Gasteiger partial charge is 0.475 e. The second-order valence-corrected chi connectivity index (χ2v) is 5.46. The molecule has 118 valence electrons. The number of rotatable bonds is 2. The van der Waals surface area contributed by atoms with E-state index in [2.05, 4.69) is 0 Å². The summed E-state index contributed by atoms with van der Waals surface area (Å²) in [6.45, 7) is 0.0884. The third kappa shape index (κ3) is 3.00. The molecule has 1 heterocycles. The number of nitrogens with zero attached hydrogens (tertiary/aromatic N) is 1. The SMILES string of the molecule is COC(=O)[C@H]1CN(C(=O)c2ccc(Cl)cc2)c2ccccc2O1. The molecule has 5 nitrogen and oxygen atoms in total. The first-order valence-corrected chi connectivity index (χ1v) is 7.39. The molecular formula is C17H14ClNO4. The van der Waals surface area contributed by atoms with E-state index in [0.29, 0.717) is 22.0 Å². The Morgan fingerprint density at radius 1 is 1.17 bits per heavy atom. The number of methoxy groups -OCH3 is 1. The minimum atomic E-state index is -0.855. The number of benzene rings is 2. The Bertz CT molecular complexity index is 745. The van der Waals surface area contributed by atoms with Crippen LogP contribution in [0.5, 0.6) is 5.75 Å². The third-order valence-corrected chi connectivity index (χ3v) is 3.83. The highest BCUT2D eigenvalue weighted by atomic mass is 35.5. The fourth-order valence-electron chi connectivity index (χ4n) is 2.43. The topological polar surface area (TPSA) is 55.8 Å². The summed E-state index contributed by atoms with van der Waals surface area (Å²) in [5.74, 6) is -0.281. The van der Waals surface area contributed by atoms with Crippen molar-refractivity contribution in [1.29, 1.82) is 0 Å². The van der Waals surface area contributed by atoms with E-state index in [0.717, 1.165) is 0 Å². The van der Waals surface area contributed by atoms with E-state index in [-0.39, 0.29) is 12.5 Å². The van der Waals surface area contributed by atoms with Crippen LogP contribution in [0.15, 0.2) is 48.5 Å². The molecule has 1 aliphatic rings. The second kappa shape index (κ2) is 6.30. The number of esters is 1. The average Bonchev–Trinajstić information content (AvgIpc) is 2.60. The molecule has 1 atom stereocenters. The monoisotopic (exact) mass is 331 g/mol. The molecule has 6 heteroatoms. The standard InChI is InChI=1S/C17H14ClNO4/c1-22-17(21)15-10-19(13-4-2-3-5-14(13)23-15)16(20)11-6-8-12(18)9-7-11/h2-9,15H,10H2,1H3/t15-/m1/s1. The predicted molar refractivity (Wildman–Crippen MR) is 86.0 cm³/mol. The van der Waals surface area contributed by atoms with Crippen molar-refractivity contribution in [2.45, 2.75) is 6.10 Å². The maximum atomic E-state index is 12.8. The van der Waals surface area contributed by atoms with Gasteiger partial charge in [0.15, 0.2) is 0 Å². The highest BCUT2D eigenvalue weighted by molar-refractivity contribution is 6.30. The number of carbonyl (C=O) groups excluding carboxylic acids is 2. The van der Waals surface area contributed by atoms with Gasteiger partial charge in [0.2, 0.25) is 6.10 Å². The Balaban J connectivity index is 1.97. The summed E-state index contributed by atoms with van der Waals surface area (Å²) >= 11 is 5.86. The number of hydrogen-bond acceptors (Lipinski definition) is 4. The van der Waals surface area contributed by atoms with E-state index < -0.39 is 12.1 Å². The number of hydrogen-bond donors (Lipinski definition) is 0. The molecular weight excluding hydrogens is 318 g/mol. The van der Waals surface area contributed by atoms with Crippen molar-refractivity contribution in [3.05, 3.63) is 59.1 Å². The summed E-state index contributed by atoms with van der Waals surface area (Å²) in [5, 5.41) is 0.552. The molecule has 0 unspecified atom stereocenters. The molecule has 1 amide bonds. The van der Waals surface area contributed by atoms with E-state index in [1.54, 1.807) is 42.5 Å². The molecule has 0 fully saturated rings. The fraction of sp³-hybridized carbons (Fsp3) is 0.176. The van der Waals surface area contributed by atoms with Crippen molar-refractivity contribution in [2.24, 2.45) is 0 Å². The van der Waals surface area contributed by atoms with Gasteiger partial charge in [-0.25, -0.2) is 4.79 Å². The first-order valence-electron chi connectivity index (χ1n) is 7.01. The van der Waals surface area contributed by atoms with E-state index >= 15 is 0 Å². The van der Waals surface area contributed by atoms with Gasteiger partial charge in [-0.1, -0.05) is 23.7 Å². The lowest BCUT2D eigenvalue weighted by Gasteiger charge is -2.33. The second-order valence-electron chi connectivity index (χ2n) is 5.02. The Hall–Kier alpha value is -2.53. The normalized spacial score (nSPS) is 16.3. The number of ether oxygens (including phenoxy) is 2. The highest BCUT2D eigenvalue weighted by Crippen LogP contribution is 2.34. The van der Waals surface area contributed by atoms with Crippen LogP contribution in [0.25, 0.3) is 0 Å². The van der Waals surface area contributed by atoms with Crippen LogP contribution in [0, 0.1) is 0 Å². The summed E-state index contributed by atoms with van der Waals surface area (Å²) in [7, 11) is 1.29. The molecule has 3 rings (SSSR count). The van der Waals surface area contributed by atoms with Gasteiger partial charge in [-0.2, -0.15) is 0 Å². The van der Waals surface area contributed by atoms with Crippen LogP contribution in [-0.2, 0) is 9.53 Å². The molecule has 0 saturated heterocycles. The Labute approximate surface area is 138 Å². The van der Waals surface area contributed by atoms with Gasteiger partial charge >= 0.3 is 5.97 Å². The maximum absolute atomic E-state index is 12.8. The summed E-state index contributed by atoms with van der Waals surface area (Å²) in [6, 6.07) is 13.7. The molecule has 2 aromatic carbocycles. The van der Waals surface area contributed by atoms with Gasteiger partial charge < -0.3 is 14.4 Å². The van der Waals surface area contributed by atoms with Crippen molar-refractivity contribution < 1.29 is 19.1 Å². The zero-order chi connectivity index (χ0) is 16.4. The minimum Gasteiger partial charge on any atom is -0.475 e. The number of anilines is 1. The maximum Gasteiger partial charge on any atom is 0.348 e. The fourth-order valence-corrected chi connectivity index (χ4v) is 2.56. The van der Waals surface area contributed by atoms with Gasteiger partial charge in [0.25, 0.3) is 5.91 Å². The van der Waals surface area contributed by atoms with Gasteiger partial charge in [-0.3, -0.25) is 4.79 Å². The van der Waals surface area contributed by atoms with E-state index in [1.807, 2.05) is 6.07 Å². The number of carbonyl (C=O) groups is 2. The molecule has 0 N–H and O–H groups in total. The zero-order valence-electron chi connectivity index (χ0n) is 12.4. The Kier molecular flexibility index (Phi) is 4.21. The van der Waals surface area contributed by atoms with E-state index in [4.69, 9.17) is 21.1 Å². The van der Waals surface area contributed by atoms with Crippen LogP contribution in [-0.4, -0.2) is 31.6 Å². The predicted octanol–water partition coefficient (Wildman–Crippen LogP) is 2.92. The van der Waals surface area contributed by atoms with Crippen LogP contribution in [0.2, 0.25) is 5.02 Å².